The van der Waals surface area contributed by atoms with Crippen molar-refractivity contribution in [3.63, 3.8) is 0 Å². The molecule has 1 heterocycles. The second kappa shape index (κ2) is 4.69. The smallest absolute Gasteiger partial charge is 0.148 e. The minimum absolute atomic E-state index is 0.541. The van der Waals surface area contributed by atoms with E-state index in [0.717, 1.165) is 11.3 Å². The molecule has 20 heavy (non-hydrogen) atoms. The maximum Gasteiger partial charge on any atom is 0.148 e. The Morgan fingerprint density at radius 1 is 0.950 bits per heavy atom. The Morgan fingerprint density at radius 3 is 2.50 bits per heavy atom. The van der Waals surface area contributed by atoms with E-state index < -0.39 is 5.54 Å². The zero-order valence-electron chi connectivity index (χ0n) is 11.7. The maximum atomic E-state index is 6.09. The van der Waals surface area contributed by atoms with Gasteiger partial charge in [0.25, 0.3) is 0 Å². The predicted molar refractivity (Wildman–Crippen MR) is 82.2 cm³/mol. The zero-order chi connectivity index (χ0) is 14.2. The van der Waals surface area contributed by atoms with Gasteiger partial charge in [-0.15, -0.1) is 0 Å². The van der Waals surface area contributed by atoms with Gasteiger partial charge >= 0.3 is 0 Å². The lowest BCUT2D eigenvalue weighted by molar-refractivity contribution is 0.514. The first-order valence-corrected chi connectivity index (χ1v) is 6.66. The summed E-state index contributed by atoms with van der Waals surface area (Å²) in [6.45, 7) is 3.82. The van der Waals surface area contributed by atoms with Crippen molar-refractivity contribution < 1.29 is 0 Å². The van der Waals surface area contributed by atoms with E-state index in [0.29, 0.717) is 5.82 Å². The van der Waals surface area contributed by atoms with Gasteiger partial charge in [0, 0.05) is 11.8 Å². The van der Waals surface area contributed by atoms with Crippen LogP contribution in [0.25, 0.3) is 22.0 Å². The molecule has 0 bridgehead atoms. The molecule has 0 saturated carbocycles. The molecule has 0 saturated heterocycles. The van der Waals surface area contributed by atoms with Crippen molar-refractivity contribution in [1.29, 1.82) is 0 Å². The van der Waals surface area contributed by atoms with Crippen LogP contribution in [0.2, 0.25) is 0 Å². The minimum atomic E-state index is -0.541. The normalized spacial score (nSPS) is 11.8. The largest absolute Gasteiger partial charge is 0.319 e. The number of aromatic nitrogens is 2. The summed E-state index contributed by atoms with van der Waals surface area (Å²) < 4.78 is 0. The van der Waals surface area contributed by atoms with Crippen LogP contribution in [0.15, 0.2) is 54.7 Å². The van der Waals surface area contributed by atoms with E-state index in [9.17, 15) is 0 Å². The Balaban J connectivity index is 2.21. The van der Waals surface area contributed by atoms with Crippen molar-refractivity contribution in [2.45, 2.75) is 19.4 Å². The fourth-order valence-corrected chi connectivity index (χ4v) is 2.27. The second-order valence-electron chi connectivity index (χ2n) is 5.51. The third-order valence-electron chi connectivity index (χ3n) is 3.30. The molecule has 0 aliphatic carbocycles. The monoisotopic (exact) mass is 263 g/mol. The lowest BCUT2D eigenvalue weighted by Crippen LogP contribution is -2.31. The van der Waals surface area contributed by atoms with Gasteiger partial charge in [0.05, 0.1) is 11.2 Å². The molecule has 2 aromatic carbocycles. The zero-order valence-corrected chi connectivity index (χ0v) is 11.7. The molecule has 0 fully saturated rings. The van der Waals surface area contributed by atoms with Gasteiger partial charge < -0.3 is 5.73 Å². The molecule has 0 aliphatic rings. The number of fused-ring (bicyclic) bond motifs is 1. The molecule has 0 spiro atoms. The summed E-state index contributed by atoms with van der Waals surface area (Å²) in [6.07, 6.45) is 1.77. The summed E-state index contributed by atoms with van der Waals surface area (Å²) >= 11 is 0. The van der Waals surface area contributed by atoms with Crippen LogP contribution in [-0.4, -0.2) is 9.97 Å². The average Bonchev–Trinajstić information content (AvgIpc) is 2.46. The molecule has 0 atom stereocenters. The molecular weight excluding hydrogens is 246 g/mol. The van der Waals surface area contributed by atoms with Crippen molar-refractivity contribution in [3.05, 3.63) is 60.6 Å². The number of nitrogens with zero attached hydrogens (tertiary/aromatic N) is 2. The molecule has 0 unspecified atom stereocenters. The predicted octanol–water partition coefficient (Wildman–Crippen LogP) is 3.49. The van der Waals surface area contributed by atoms with Gasteiger partial charge in [0.1, 0.15) is 5.82 Å². The summed E-state index contributed by atoms with van der Waals surface area (Å²) in [7, 11) is 0. The van der Waals surface area contributed by atoms with Gasteiger partial charge in [0.2, 0.25) is 0 Å². The number of nitrogens with two attached hydrogens (primary N) is 1. The first-order chi connectivity index (χ1) is 9.55. The lowest BCUT2D eigenvalue weighted by Gasteiger charge is -2.17. The van der Waals surface area contributed by atoms with Crippen molar-refractivity contribution in [2.75, 3.05) is 0 Å². The van der Waals surface area contributed by atoms with Crippen molar-refractivity contribution >= 4 is 10.8 Å². The van der Waals surface area contributed by atoms with Crippen LogP contribution >= 0.6 is 0 Å². The third kappa shape index (κ3) is 2.28. The first-order valence-electron chi connectivity index (χ1n) is 6.66. The van der Waals surface area contributed by atoms with Crippen LogP contribution < -0.4 is 5.73 Å². The fourth-order valence-electron chi connectivity index (χ4n) is 2.27. The fraction of sp³-hybridized carbons (Fsp3) is 0.176. The first kappa shape index (κ1) is 12.8. The van der Waals surface area contributed by atoms with E-state index in [1.165, 1.54) is 10.8 Å². The van der Waals surface area contributed by atoms with Crippen LogP contribution in [0.5, 0.6) is 0 Å². The molecular formula is C17H17N3. The summed E-state index contributed by atoms with van der Waals surface area (Å²) in [5, 5.41) is 2.40. The molecule has 100 valence electrons. The van der Waals surface area contributed by atoms with Gasteiger partial charge in [-0.2, -0.15) is 0 Å². The molecule has 3 heteroatoms. The van der Waals surface area contributed by atoms with Crippen LogP contribution in [-0.2, 0) is 5.54 Å². The van der Waals surface area contributed by atoms with E-state index >= 15 is 0 Å². The number of rotatable bonds is 2. The Hall–Kier alpha value is -2.26. The third-order valence-corrected chi connectivity index (χ3v) is 3.30. The van der Waals surface area contributed by atoms with E-state index in [1.807, 2.05) is 38.1 Å². The highest BCUT2D eigenvalue weighted by molar-refractivity contribution is 5.95. The van der Waals surface area contributed by atoms with E-state index in [-0.39, 0.29) is 0 Å². The van der Waals surface area contributed by atoms with Gasteiger partial charge in [-0.1, -0.05) is 42.5 Å². The molecule has 1 aromatic heterocycles. The average molecular weight is 263 g/mol. The van der Waals surface area contributed by atoms with E-state index in [4.69, 9.17) is 5.73 Å². The lowest BCUT2D eigenvalue weighted by atomic mass is 10.0. The second-order valence-corrected chi connectivity index (χ2v) is 5.51. The Morgan fingerprint density at radius 2 is 1.70 bits per heavy atom. The topological polar surface area (TPSA) is 51.8 Å². The van der Waals surface area contributed by atoms with Gasteiger partial charge in [-0.25, -0.2) is 9.97 Å². The number of hydrogen-bond acceptors (Lipinski definition) is 3. The Labute approximate surface area is 118 Å². The van der Waals surface area contributed by atoms with Crippen LogP contribution in [0.1, 0.15) is 19.7 Å². The molecule has 0 aliphatic heterocycles. The minimum Gasteiger partial charge on any atom is -0.319 e. The summed E-state index contributed by atoms with van der Waals surface area (Å²) in [5.41, 5.74) is 7.57. The molecule has 3 aromatic rings. The SMILES string of the molecule is CC(C)(N)c1nccc(-c2cccc3ccccc23)n1. The molecule has 2 N–H and O–H groups in total. The van der Waals surface area contributed by atoms with Crippen LogP contribution in [0.3, 0.4) is 0 Å². The van der Waals surface area contributed by atoms with Crippen molar-refractivity contribution in [2.24, 2.45) is 5.73 Å². The summed E-state index contributed by atoms with van der Waals surface area (Å²) in [4.78, 5) is 8.91. The van der Waals surface area contributed by atoms with E-state index in [1.54, 1.807) is 6.20 Å². The van der Waals surface area contributed by atoms with Crippen molar-refractivity contribution in [1.82, 2.24) is 9.97 Å². The molecule has 0 amide bonds. The highest BCUT2D eigenvalue weighted by atomic mass is 14.9. The summed E-state index contributed by atoms with van der Waals surface area (Å²) in [5.74, 6) is 0.655. The number of hydrogen-bond donors (Lipinski definition) is 1. The molecule has 3 rings (SSSR count). The Kier molecular flexibility index (Phi) is 2.99. The number of benzene rings is 2. The van der Waals surface area contributed by atoms with Gasteiger partial charge in [-0.3, -0.25) is 0 Å². The van der Waals surface area contributed by atoms with Crippen molar-refractivity contribution in [3.8, 4) is 11.3 Å². The Bertz CT molecular complexity index is 752. The van der Waals surface area contributed by atoms with Gasteiger partial charge in [-0.05, 0) is 30.7 Å². The van der Waals surface area contributed by atoms with Crippen LogP contribution in [0, 0.1) is 0 Å². The summed E-state index contributed by atoms with van der Waals surface area (Å²) in [6, 6.07) is 16.5. The highest BCUT2D eigenvalue weighted by Gasteiger charge is 2.18. The molecule has 3 nitrogen and oxygen atoms in total. The van der Waals surface area contributed by atoms with Crippen LogP contribution in [0.4, 0.5) is 0 Å². The highest BCUT2D eigenvalue weighted by Crippen LogP contribution is 2.27. The van der Waals surface area contributed by atoms with Gasteiger partial charge in [0.15, 0.2) is 0 Å². The maximum absolute atomic E-state index is 6.09. The quantitative estimate of drug-likeness (QED) is 0.770. The molecule has 0 radical (unpaired) electrons. The standard InChI is InChI=1S/C17H17N3/c1-17(2,18)16-19-11-10-15(20-16)14-9-5-7-12-6-3-4-8-13(12)14/h3-11H,18H2,1-2H3. The van der Waals surface area contributed by atoms with E-state index in [2.05, 4.69) is 34.2 Å².